The Morgan fingerprint density at radius 1 is 1.36 bits per heavy atom. The quantitative estimate of drug-likeness (QED) is 0.517. The van der Waals surface area contributed by atoms with Crippen molar-refractivity contribution in [1.82, 2.24) is 15.0 Å². The predicted molar refractivity (Wildman–Crippen MR) is 53.3 cm³/mol. The maximum Gasteiger partial charge on any atom is 0.189 e. The summed E-state index contributed by atoms with van der Waals surface area (Å²) in [5.41, 5.74) is 1.35. The zero-order chi connectivity index (χ0) is 10.1. The average Bonchev–Trinajstić information content (AvgIpc) is 2.16. The topological polar surface area (TPSA) is 61.7 Å². The molecule has 2 heterocycles. The first-order valence-electron chi connectivity index (χ1n) is 4.06. The van der Waals surface area contributed by atoms with E-state index in [2.05, 4.69) is 15.0 Å². The van der Waals surface area contributed by atoms with E-state index in [0.29, 0.717) is 10.8 Å². The van der Waals surface area contributed by atoms with Crippen LogP contribution in [0, 0.1) is 6.92 Å². The highest BCUT2D eigenvalue weighted by molar-refractivity contribution is 7.98. The van der Waals surface area contributed by atoms with E-state index in [4.69, 9.17) is 0 Å². The fourth-order valence-electron chi connectivity index (χ4n) is 1.22. The lowest BCUT2D eigenvalue weighted by Crippen LogP contribution is -1.98. The van der Waals surface area contributed by atoms with Crippen molar-refractivity contribution in [2.24, 2.45) is 0 Å². The van der Waals surface area contributed by atoms with Crippen molar-refractivity contribution in [2.75, 3.05) is 6.26 Å². The molecule has 0 saturated carbocycles. The van der Waals surface area contributed by atoms with Gasteiger partial charge in [0.1, 0.15) is 0 Å². The third-order valence-electron chi connectivity index (χ3n) is 1.91. The smallest absolute Gasteiger partial charge is 0.189 e. The number of fused-ring (bicyclic) bond motifs is 1. The van der Waals surface area contributed by atoms with E-state index >= 15 is 0 Å². The van der Waals surface area contributed by atoms with E-state index < -0.39 is 0 Å². The van der Waals surface area contributed by atoms with Crippen LogP contribution in [-0.4, -0.2) is 21.2 Å². The van der Waals surface area contributed by atoms with Gasteiger partial charge >= 0.3 is 0 Å². The fourth-order valence-corrected chi connectivity index (χ4v) is 1.55. The zero-order valence-corrected chi connectivity index (χ0v) is 8.63. The van der Waals surface area contributed by atoms with Gasteiger partial charge < -0.3 is 5.11 Å². The Labute approximate surface area is 85.4 Å². The Balaban J connectivity index is 2.75. The molecule has 0 unspecified atom stereocenters. The average molecular weight is 206 g/mol. The molecule has 2 aromatic heterocycles. The summed E-state index contributed by atoms with van der Waals surface area (Å²) in [4.78, 5) is 12.1. The highest BCUT2D eigenvalue weighted by Crippen LogP contribution is 2.19. The van der Waals surface area contributed by atoms with Crippen molar-refractivity contribution in [3.8, 4) is 5.88 Å². The van der Waals surface area contributed by atoms with Gasteiger partial charge in [-0.1, -0.05) is 11.8 Å². The summed E-state index contributed by atoms with van der Waals surface area (Å²) in [6, 6.07) is 1.49. The lowest BCUT2D eigenvalue weighted by Gasteiger charge is -2.07. The number of thioether (sulfide) groups is 1. The molecule has 0 radical (unpaired) electrons. The number of nitrogens with zero attached hydrogens (tertiary/aromatic N) is 3. The van der Waals surface area contributed by atoms with Crippen LogP contribution < -0.4 is 5.11 Å². The molecule has 5 heteroatoms. The monoisotopic (exact) mass is 206 g/mol. The van der Waals surface area contributed by atoms with Crippen LogP contribution >= 0.6 is 11.8 Å². The number of hydrogen-bond donors (Lipinski definition) is 0. The van der Waals surface area contributed by atoms with Crippen molar-refractivity contribution in [3.05, 3.63) is 17.8 Å². The van der Waals surface area contributed by atoms with Crippen LogP contribution in [0.15, 0.2) is 17.4 Å². The van der Waals surface area contributed by atoms with Crippen LogP contribution in [0.1, 0.15) is 5.56 Å². The molecule has 0 aliphatic rings. The van der Waals surface area contributed by atoms with E-state index in [9.17, 15) is 5.11 Å². The van der Waals surface area contributed by atoms with E-state index in [1.54, 1.807) is 6.20 Å². The summed E-state index contributed by atoms with van der Waals surface area (Å²) in [6.45, 7) is 1.85. The molecular formula is C9H8N3OS-. The molecule has 0 aliphatic carbocycles. The molecule has 0 bridgehead atoms. The van der Waals surface area contributed by atoms with Gasteiger partial charge in [0.25, 0.3) is 0 Å². The number of rotatable bonds is 1. The van der Waals surface area contributed by atoms with E-state index in [1.807, 2.05) is 13.2 Å². The van der Waals surface area contributed by atoms with Crippen LogP contribution in [0.5, 0.6) is 5.88 Å². The van der Waals surface area contributed by atoms with Crippen LogP contribution in [0.25, 0.3) is 11.0 Å². The number of pyridine rings is 1. The predicted octanol–water partition coefficient (Wildman–Crippen LogP) is 1.13. The summed E-state index contributed by atoms with van der Waals surface area (Å²) in [6.07, 6.45) is 3.59. The Morgan fingerprint density at radius 2 is 2.14 bits per heavy atom. The molecule has 0 aromatic carbocycles. The highest BCUT2D eigenvalue weighted by Gasteiger charge is 2.02. The SMILES string of the molecule is CSc1ncc2c(C)cc([O-])nc2n1. The van der Waals surface area contributed by atoms with E-state index in [0.717, 1.165) is 10.9 Å². The van der Waals surface area contributed by atoms with Crippen LogP contribution in [-0.2, 0) is 0 Å². The van der Waals surface area contributed by atoms with E-state index in [-0.39, 0.29) is 5.88 Å². The van der Waals surface area contributed by atoms with Crippen LogP contribution in [0.4, 0.5) is 0 Å². The number of aryl methyl sites for hydroxylation is 1. The summed E-state index contributed by atoms with van der Waals surface area (Å²) in [7, 11) is 0. The Bertz CT molecular complexity index is 487. The van der Waals surface area contributed by atoms with Gasteiger partial charge in [0.15, 0.2) is 10.8 Å². The standard InChI is InChI=1S/C9H9N3OS/c1-5-3-7(13)11-8-6(5)4-10-9(12-8)14-2/h3-4H,1-2H3,(H,10,11,12,13)/p-1. The molecule has 0 saturated heterocycles. The molecule has 4 nitrogen and oxygen atoms in total. The zero-order valence-electron chi connectivity index (χ0n) is 7.81. The minimum Gasteiger partial charge on any atom is -0.859 e. The minimum atomic E-state index is -0.249. The van der Waals surface area contributed by atoms with Gasteiger partial charge in [-0.05, 0) is 30.7 Å². The molecule has 0 N–H and O–H groups in total. The molecule has 0 fully saturated rings. The van der Waals surface area contributed by atoms with Gasteiger partial charge in [-0.15, -0.1) is 0 Å². The summed E-state index contributed by atoms with van der Waals surface area (Å²) in [5, 5.41) is 12.6. The molecule has 2 rings (SSSR count). The van der Waals surface area contributed by atoms with Gasteiger partial charge in [0.05, 0.1) is 0 Å². The van der Waals surface area contributed by atoms with Gasteiger partial charge in [-0.2, -0.15) is 0 Å². The summed E-state index contributed by atoms with van der Waals surface area (Å²) < 4.78 is 0. The molecular weight excluding hydrogens is 198 g/mol. The molecule has 2 aromatic rings. The van der Waals surface area contributed by atoms with Gasteiger partial charge in [-0.3, -0.25) is 0 Å². The Kier molecular flexibility index (Phi) is 2.25. The van der Waals surface area contributed by atoms with Crippen molar-refractivity contribution >= 4 is 22.8 Å². The second-order valence-corrected chi connectivity index (χ2v) is 3.64. The van der Waals surface area contributed by atoms with Crippen molar-refractivity contribution in [3.63, 3.8) is 0 Å². The first-order valence-corrected chi connectivity index (χ1v) is 5.28. The van der Waals surface area contributed by atoms with Gasteiger partial charge in [0, 0.05) is 11.6 Å². The third-order valence-corrected chi connectivity index (χ3v) is 2.47. The Morgan fingerprint density at radius 3 is 2.86 bits per heavy atom. The van der Waals surface area contributed by atoms with Gasteiger partial charge in [-0.25, -0.2) is 15.0 Å². The lowest BCUT2D eigenvalue weighted by atomic mass is 10.2. The third kappa shape index (κ3) is 1.50. The van der Waals surface area contributed by atoms with E-state index in [1.165, 1.54) is 17.8 Å². The van der Waals surface area contributed by atoms with Gasteiger partial charge in [0.2, 0.25) is 0 Å². The first-order chi connectivity index (χ1) is 6.70. The van der Waals surface area contributed by atoms with Crippen molar-refractivity contribution in [1.29, 1.82) is 0 Å². The Hall–Kier alpha value is -1.36. The number of aromatic nitrogens is 3. The minimum absolute atomic E-state index is 0.249. The number of hydrogen-bond acceptors (Lipinski definition) is 5. The van der Waals surface area contributed by atoms with Crippen LogP contribution in [0.2, 0.25) is 0 Å². The second-order valence-electron chi connectivity index (χ2n) is 2.87. The largest absolute Gasteiger partial charge is 0.859 e. The maximum atomic E-state index is 11.1. The maximum absolute atomic E-state index is 11.1. The molecule has 0 spiro atoms. The van der Waals surface area contributed by atoms with Crippen LogP contribution in [0.3, 0.4) is 0 Å². The molecule has 0 atom stereocenters. The first kappa shape index (κ1) is 9.21. The lowest BCUT2D eigenvalue weighted by molar-refractivity contribution is -0.274. The normalized spacial score (nSPS) is 10.7. The molecule has 0 aliphatic heterocycles. The van der Waals surface area contributed by atoms with Crippen molar-refractivity contribution in [2.45, 2.75) is 12.1 Å². The second kappa shape index (κ2) is 3.42. The molecule has 0 amide bonds. The fraction of sp³-hybridized carbons (Fsp3) is 0.222. The molecule has 14 heavy (non-hydrogen) atoms. The highest BCUT2D eigenvalue weighted by atomic mass is 32.2. The van der Waals surface area contributed by atoms with Crippen molar-refractivity contribution < 1.29 is 5.11 Å². The molecule has 72 valence electrons. The summed E-state index contributed by atoms with van der Waals surface area (Å²) >= 11 is 1.43. The summed E-state index contributed by atoms with van der Waals surface area (Å²) in [5.74, 6) is -0.249.